The van der Waals surface area contributed by atoms with Crippen molar-refractivity contribution in [3.8, 4) is 17.0 Å². The van der Waals surface area contributed by atoms with E-state index in [0.29, 0.717) is 5.69 Å². The molecule has 0 spiro atoms. The van der Waals surface area contributed by atoms with Gasteiger partial charge in [0, 0.05) is 12.0 Å². The van der Waals surface area contributed by atoms with E-state index in [0.717, 1.165) is 29.0 Å². The third-order valence-electron chi connectivity index (χ3n) is 3.27. The van der Waals surface area contributed by atoms with E-state index in [-0.39, 0.29) is 6.10 Å². The van der Waals surface area contributed by atoms with Crippen molar-refractivity contribution >= 4 is 5.69 Å². The van der Waals surface area contributed by atoms with E-state index in [2.05, 4.69) is 24.0 Å². The van der Waals surface area contributed by atoms with E-state index in [9.17, 15) is 0 Å². The number of hydrogen-bond acceptors (Lipinski definition) is 3. The fraction of sp³-hybridized carbons (Fsp3) is 0.267. The minimum absolute atomic E-state index is 0.274. The molecular weight excluding hydrogens is 224 g/mol. The lowest BCUT2D eigenvalue weighted by Gasteiger charge is -2.07. The van der Waals surface area contributed by atoms with Crippen LogP contribution in [0.15, 0.2) is 30.5 Å². The minimum atomic E-state index is 0.274. The van der Waals surface area contributed by atoms with Crippen LogP contribution in [0.25, 0.3) is 11.3 Å². The van der Waals surface area contributed by atoms with Crippen LogP contribution in [0.5, 0.6) is 5.75 Å². The van der Waals surface area contributed by atoms with Crippen molar-refractivity contribution in [3.63, 3.8) is 0 Å². The van der Waals surface area contributed by atoms with Crippen LogP contribution < -0.4 is 10.5 Å². The molecule has 1 aromatic heterocycles. The molecule has 0 saturated heterocycles. The molecule has 18 heavy (non-hydrogen) atoms. The molecule has 1 aliphatic rings. The summed E-state index contributed by atoms with van der Waals surface area (Å²) in [5.41, 5.74) is 10.9. The standard InChI is InChI=1S/C15H16N2O/c1-9-5-13(16)8-17-15(9)11-3-4-14-12(7-11)6-10(2)18-14/h3-5,7-8,10H,6,16H2,1-2H3. The molecule has 0 bridgehead atoms. The zero-order valence-electron chi connectivity index (χ0n) is 10.6. The molecule has 0 saturated carbocycles. The van der Waals surface area contributed by atoms with Gasteiger partial charge in [0.1, 0.15) is 11.9 Å². The summed E-state index contributed by atoms with van der Waals surface area (Å²) in [6, 6.07) is 8.22. The first kappa shape index (κ1) is 11.1. The van der Waals surface area contributed by atoms with E-state index >= 15 is 0 Å². The number of pyridine rings is 1. The second-order valence-electron chi connectivity index (χ2n) is 4.89. The molecule has 0 amide bonds. The molecule has 1 aromatic carbocycles. The molecule has 3 nitrogen and oxygen atoms in total. The van der Waals surface area contributed by atoms with Crippen molar-refractivity contribution in [2.24, 2.45) is 0 Å². The van der Waals surface area contributed by atoms with Gasteiger partial charge in [-0.05, 0) is 49.2 Å². The number of fused-ring (bicyclic) bond motifs is 1. The average molecular weight is 240 g/mol. The van der Waals surface area contributed by atoms with Crippen LogP contribution in [0.4, 0.5) is 5.69 Å². The molecule has 1 aliphatic heterocycles. The molecule has 92 valence electrons. The number of ether oxygens (including phenoxy) is 1. The number of nitrogens with two attached hydrogens (primary N) is 1. The molecule has 3 rings (SSSR count). The van der Waals surface area contributed by atoms with Crippen LogP contribution in [0.3, 0.4) is 0 Å². The van der Waals surface area contributed by atoms with E-state index in [1.54, 1.807) is 6.20 Å². The SMILES string of the molecule is Cc1cc(N)cnc1-c1ccc2c(c1)CC(C)O2. The summed E-state index contributed by atoms with van der Waals surface area (Å²) in [4.78, 5) is 4.43. The fourth-order valence-corrected chi connectivity index (χ4v) is 2.47. The van der Waals surface area contributed by atoms with Gasteiger partial charge in [0.25, 0.3) is 0 Å². The molecule has 0 radical (unpaired) electrons. The second kappa shape index (κ2) is 4.02. The Hall–Kier alpha value is -2.03. The predicted octanol–water partition coefficient (Wildman–Crippen LogP) is 2.96. The van der Waals surface area contributed by atoms with Gasteiger partial charge in [0.05, 0.1) is 17.6 Å². The number of benzene rings is 1. The molecule has 1 atom stereocenters. The Morgan fingerprint density at radius 3 is 2.94 bits per heavy atom. The summed E-state index contributed by atoms with van der Waals surface area (Å²) >= 11 is 0. The highest BCUT2D eigenvalue weighted by Gasteiger charge is 2.19. The highest BCUT2D eigenvalue weighted by molar-refractivity contribution is 5.67. The molecule has 2 N–H and O–H groups in total. The van der Waals surface area contributed by atoms with Gasteiger partial charge < -0.3 is 10.5 Å². The number of aromatic nitrogens is 1. The van der Waals surface area contributed by atoms with Crippen molar-refractivity contribution in [1.29, 1.82) is 0 Å². The number of rotatable bonds is 1. The highest BCUT2D eigenvalue weighted by atomic mass is 16.5. The number of nitrogen functional groups attached to an aromatic ring is 1. The van der Waals surface area contributed by atoms with Gasteiger partial charge in [0.2, 0.25) is 0 Å². The van der Waals surface area contributed by atoms with Crippen LogP contribution in [-0.4, -0.2) is 11.1 Å². The first-order valence-corrected chi connectivity index (χ1v) is 6.15. The zero-order chi connectivity index (χ0) is 12.7. The molecule has 0 fully saturated rings. The molecular formula is C15H16N2O. The van der Waals surface area contributed by atoms with Crippen molar-refractivity contribution in [1.82, 2.24) is 4.98 Å². The smallest absolute Gasteiger partial charge is 0.123 e. The number of hydrogen-bond donors (Lipinski definition) is 1. The highest BCUT2D eigenvalue weighted by Crippen LogP contribution is 2.33. The number of anilines is 1. The van der Waals surface area contributed by atoms with Gasteiger partial charge >= 0.3 is 0 Å². The van der Waals surface area contributed by atoms with Crippen LogP contribution in [0, 0.1) is 6.92 Å². The van der Waals surface area contributed by atoms with Crippen LogP contribution in [-0.2, 0) is 6.42 Å². The number of aryl methyl sites for hydroxylation is 1. The zero-order valence-corrected chi connectivity index (χ0v) is 10.6. The van der Waals surface area contributed by atoms with Gasteiger partial charge in [0.15, 0.2) is 0 Å². The van der Waals surface area contributed by atoms with Crippen LogP contribution in [0.2, 0.25) is 0 Å². The van der Waals surface area contributed by atoms with E-state index in [1.807, 2.05) is 19.1 Å². The summed E-state index contributed by atoms with van der Waals surface area (Å²) in [6.07, 6.45) is 2.95. The molecule has 2 heterocycles. The Balaban J connectivity index is 2.05. The van der Waals surface area contributed by atoms with Gasteiger partial charge in [-0.15, -0.1) is 0 Å². The van der Waals surface area contributed by atoms with Gasteiger partial charge in [-0.1, -0.05) is 0 Å². The maximum Gasteiger partial charge on any atom is 0.123 e. The fourth-order valence-electron chi connectivity index (χ4n) is 2.47. The van der Waals surface area contributed by atoms with Gasteiger partial charge in [-0.2, -0.15) is 0 Å². The minimum Gasteiger partial charge on any atom is -0.490 e. The Kier molecular flexibility index (Phi) is 2.47. The summed E-state index contributed by atoms with van der Waals surface area (Å²) in [6.45, 7) is 4.12. The third kappa shape index (κ3) is 1.82. The molecule has 3 heteroatoms. The average Bonchev–Trinajstić information content (AvgIpc) is 2.68. The summed E-state index contributed by atoms with van der Waals surface area (Å²) in [5.74, 6) is 0.999. The van der Waals surface area contributed by atoms with Gasteiger partial charge in [-0.25, -0.2) is 0 Å². The lowest BCUT2D eigenvalue weighted by Crippen LogP contribution is -2.05. The Morgan fingerprint density at radius 1 is 1.33 bits per heavy atom. The van der Waals surface area contributed by atoms with E-state index in [1.165, 1.54) is 5.56 Å². The molecule has 0 aliphatic carbocycles. The lowest BCUT2D eigenvalue weighted by molar-refractivity contribution is 0.254. The first-order chi connectivity index (χ1) is 8.63. The van der Waals surface area contributed by atoms with Gasteiger partial charge in [-0.3, -0.25) is 4.98 Å². The van der Waals surface area contributed by atoms with Crippen molar-refractivity contribution < 1.29 is 4.74 Å². The third-order valence-corrected chi connectivity index (χ3v) is 3.27. The number of nitrogens with zero attached hydrogens (tertiary/aromatic N) is 1. The van der Waals surface area contributed by atoms with Crippen LogP contribution >= 0.6 is 0 Å². The second-order valence-corrected chi connectivity index (χ2v) is 4.89. The topological polar surface area (TPSA) is 48.1 Å². The van der Waals surface area contributed by atoms with Crippen LogP contribution in [0.1, 0.15) is 18.1 Å². The summed E-state index contributed by atoms with van der Waals surface area (Å²) < 4.78 is 5.71. The van der Waals surface area contributed by atoms with Crippen molar-refractivity contribution in [3.05, 3.63) is 41.6 Å². The first-order valence-electron chi connectivity index (χ1n) is 6.15. The predicted molar refractivity (Wildman–Crippen MR) is 72.6 cm³/mol. The normalized spacial score (nSPS) is 17.3. The summed E-state index contributed by atoms with van der Waals surface area (Å²) in [7, 11) is 0. The summed E-state index contributed by atoms with van der Waals surface area (Å²) in [5, 5.41) is 0. The Labute approximate surface area is 107 Å². The maximum atomic E-state index is 5.73. The Bertz CT molecular complexity index is 607. The molecule has 2 aromatic rings. The Morgan fingerprint density at radius 2 is 2.17 bits per heavy atom. The van der Waals surface area contributed by atoms with Crippen molar-refractivity contribution in [2.45, 2.75) is 26.4 Å². The maximum absolute atomic E-state index is 5.73. The largest absolute Gasteiger partial charge is 0.490 e. The van der Waals surface area contributed by atoms with E-state index < -0.39 is 0 Å². The molecule has 1 unspecified atom stereocenters. The van der Waals surface area contributed by atoms with Crippen molar-refractivity contribution in [2.75, 3.05) is 5.73 Å². The quantitative estimate of drug-likeness (QED) is 0.833. The lowest BCUT2D eigenvalue weighted by atomic mass is 10.0. The van der Waals surface area contributed by atoms with E-state index in [4.69, 9.17) is 10.5 Å². The monoisotopic (exact) mass is 240 g/mol.